The van der Waals surface area contributed by atoms with E-state index in [-0.39, 0.29) is 5.91 Å². The lowest BCUT2D eigenvalue weighted by Gasteiger charge is -2.08. The second-order valence-electron chi connectivity index (χ2n) is 3.10. The van der Waals surface area contributed by atoms with Gasteiger partial charge in [-0.3, -0.25) is 9.78 Å². The lowest BCUT2D eigenvalue weighted by Crippen LogP contribution is -2.13. The van der Waals surface area contributed by atoms with Gasteiger partial charge in [-0.25, -0.2) is 0 Å². The Morgan fingerprint density at radius 2 is 2.46 bits per heavy atom. The van der Waals surface area contributed by atoms with Crippen LogP contribution >= 0.6 is 15.9 Å². The molecule has 13 heavy (non-hydrogen) atoms. The minimum atomic E-state index is 0.133. The van der Waals surface area contributed by atoms with Gasteiger partial charge in [-0.05, 0) is 27.6 Å². The maximum absolute atomic E-state index is 11.0. The molecule has 4 heteroatoms. The summed E-state index contributed by atoms with van der Waals surface area (Å²) < 4.78 is 0.983. The Morgan fingerprint density at radius 3 is 3.08 bits per heavy atom. The number of nitrogens with one attached hydrogen (secondary N) is 1. The van der Waals surface area contributed by atoms with Crippen LogP contribution in [0, 0.1) is 0 Å². The molecule has 1 unspecified atom stereocenters. The van der Waals surface area contributed by atoms with Gasteiger partial charge in [0, 0.05) is 35.7 Å². The Hall–Kier alpha value is -0.900. The smallest absolute Gasteiger partial charge is 0.220 e. The standard InChI is InChI=1S/C9H9BrN2O/c10-8-5-11-2-1-7(8)6-3-9(13)12-4-6/h1-2,5-6H,3-4H2,(H,12,13). The molecule has 0 spiro atoms. The van der Waals surface area contributed by atoms with Crippen molar-refractivity contribution in [3.8, 4) is 0 Å². The zero-order valence-electron chi connectivity index (χ0n) is 6.96. The van der Waals surface area contributed by atoms with Crippen molar-refractivity contribution < 1.29 is 4.79 Å². The maximum atomic E-state index is 11.0. The summed E-state index contributed by atoms with van der Waals surface area (Å²) in [6, 6.07) is 1.95. The van der Waals surface area contributed by atoms with Gasteiger partial charge in [-0.15, -0.1) is 0 Å². The third kappa shape index (κ3) is 1.72. The number of halogens is 1. The van der Waals surface area contributed by atoms with E-state index in [1.54, 1.807) is 12.4 Å². The van der Waals surface area contributed by atoms with E-state index in [0.29, 0.717) is 12.3 Å². The molecule has 0 saturated carbocycles. The molecule has 1 atom stereocenters. The molecule has 1 amide bonds. The third-order valence-electron chi connectivity index (χ3n) is 2.22. The van der Waals surface area contributed by atoms with Crippen molar-refractivity contribution in [3.05, 3.63) is 28.5 Å². The first-order valence-electron chi connectivity index (χ1n) is 4.13. The van der Waals surface area contributed by atoms with E-state index in [9.17, 15) is 4.79 Å². The van der Waals surface area contributed by atoms with Crippen LogP contribution in [-0.2, 0) is 4.79 Å². The molecule has 0 aromatic carbocycles. The van der Waals surface area contributed by atoms with Crippen LogP contribution in [0.2, 0.25) is 0 Å². The Labute approximate surface area is 84.7 Å². The summed E-state index contributed by atoms with van der Waals surface area (Å²) in [7, 11) is 0. The molecule has 68 valence electrons. The Kier molecular flexibility index (Phi) is 2.31. The molecule has 0 bridgehead atoms. The lowest BCUT2D eigenvalue weighted by atomic mass is 10.00. The number of nitrogens with zero attached hydrogens (tertiary/aromatic N) is 1. The molecule has 1 N–H and O–H groups in total. The van der Waals surface area contributed by atoms with Gasteiger partial charge in [-0.1, -0.05) is 0 Å². The van der Waals surface area contributed by atoms with Crippen molar-refractivity contribution in [1.82, 2.24) is 10.3 Å². The van der Waals surface area contributed by atoms with Crippen molar-refractivity contribution in [2.45, 2.75) is 12.3 Å². The maximum Gasteiger partial charge on any atom is 0.220 e. The van der Waals surface area contributed by atoms with Crippen molar-refractivity contribution in [3.63, 3.8) is 0 Å². The van der Waals surface area contributed by atoms with Gasteiger partial charge in [0.15, 0.2) is 0 Å². The summed E-state index contributed by atoms with van der Waals surface area (Å²) in [5, 5.41) is 2.82. The van der Waals surface area contributed by atoms with E-state index in [1.807, 2.05) is 6.07 Å². The highest BCUT2D eigenvalue weighted by molar-refractivity contribution is 9.10. The van der Waals surface area contributed by atoms with Gasteiger partial charge in [0.1, 0.15) is 0 Å². The SMILES string of the molecule is O=C1CC(c2ccncc2Br)CN1. The zero-order chi connectivity index (χ0) is 9.26. The molecular weight excluding hydrogens is 232 g/mol. The molecule has 1 saturated heterocycles. The highest BCUT2D eigenvalue weighted by Crippen LogP contribution is 2.28. The zero-order valence-corrected chi connectivity index (χ0v) is 8.54. The molecule has 1 aliphatic rings. The number of amides is 1. The molecule has 2 heterocycles. The average Bonchev–Trinajstić information content (AvgIpc) is 2.53. The van der Waals surface area contributed by atoms with Crippen LogP contribution in [0.25, 0.3) is 0 Å². The average molecular weight is 241 g/mol. The topological polar surface area (TPSA) is 42.0 Å². The number of hydrogen-bond donors (Lipinski definition) is 1. The summed E-state index contributed by atoms with van der Waals surface area (Å²) in [5.41, 5.74) is 1.16. The van der Waals surface area contributed by atoms with E-state index >= 15 is 0 Å². The van der Waals surface area contributed by atoms with Crippen LogP contribution in [0.3, 0.4) is 0 Å². The van der Waals surface area contributed by atoms with Crippen LogP contribution < -0.4 is 5.32 Å². The number of carbonyl (C=O) groups excluding carboxylic acids is 1. The molecule has 0 radical (unpaired) electrons. The first kappa shape index (κ1) is 8.69. The van der Waals surface area contributed by atoms with E-state index in [0.717, 1.165) is 16.6 Å². The van der Waals surface area contributed by atoms with Crippen molar-refractivity contribution in [1.29, 1.82) is 0 Å². The van der Waals surface area contributed by atoms with Gasteiger partial charge >= 0.3 is 0 Å². The first-order chi connectivity index (χ1) is 6.27. The summed E-state index contributed by atoms with van der Waals surface area (Å²) in [4.78, 5) is 15.0. The van der Waals surface area contributed by atoms with Gasteiger partial charge in [-0.2, -0.15) is 0 Å². The fourth-order valence-electron chi connectivity index (χ4n) is 1.54. The second-order valence-corrected chi connectivity index (χ2v) is 3.96. The monoisotopic (exact) mass is 240 g/mol. The minimum Gasteiger partial charge on any atom is -0.355 e. The molecule has 2 rings (SSSR count). The van der Waals surface area contributed by atoms with E-state index in [4.69, 9.17) is 0 Å². The van der Waals surface area contributed by atoms with E-state index in [2.05, 4.69) is 26.2 Å². The summed E-state index contributed by atoms with van der Waals surface area (Å²) in [5.74, 6) is 0.429. The fourth-order valence-corrected chi connectivity index (χ4v) is 2.12. The summed E-state index contributed by atoms with van der Waals surface area (Å²) in [6.45, 7) is 0.738. The number of carbonyl (C=O) groups is 1. The molecule has 1 fully saturated rings. The van der Waals surface area contributed by atoms with Gasteiger partial charge in [0.05, 0.1) is 0 Å². The first-order valence-corrected chi connectivity index (χ1v) is 4.93. The van der Waals surface area contributed by atoms with Crippen LogP contribution in [0.4, 0.5) is 0 Å². The normalized spacial score (nSPS) is 21.6. The Balaban J connectivity index is 2.26. The second kappa shape index (κ2) is 3.46. The Morgan fingerprint density at radius 1 is 1.62 bits per heavy atom. The highest BCUT2D eigenvalue weighted by atomic mass is 79.9. The minimum absolute atomic E-state index is 0.133. The predicted octanol–water partition coefficient (Wildman–Crippen LogP) is 1.45. The third-order valence-corrected chi connectivity index (χ3v) is 2.88. The van der Waals surface area contributed by atoms with Gasteiger partial charge in [0.25, 0.3) is 0 Å². The highest BCUT2D eigenvalue weighted by Gasteiger charge is 2.24. The molecule has 1 aromatic heterocycles. The van der Waals surface area contributed by atoms with Crippen molar-refractivity contribution in [2.24, 2.45) is 0 Å². The van der Waals surface area contributed by atoms with Crippen LogP contribution in [0.15, 0.2) is 22.9 Å². The largest absolute Gasteiger partial charge is 0.355 e. The number of pyridine rings is 1. The lowest BCUT2D eigenvalue weighted by molar-refractivity contribution is -0.119. The number of hydrogen-bond acceptors (Lipinski definition) is 2. The molecule has 0 aliphatic carbocycles. The summed E-state index contributed by atoms with van der Waals surface area (Å²) >= 11 is 3.42. The quantitative estimate of drug-likeness (QED) is 0.808. The molecule has 3 nitrogen and oxygen atoms in total. The predicted molar refractivity (Wildman–Crippen MR) is 52.3 cm³/mol. The molecule has 1 aliphatic heterocycles. The van der Waals surface area contributed by atoms with Crippen LogP contribution in [0.1, 0.15) is 17.9 Å². The molecule has 1 aromatic rings. The van der Waals surface area contributed by atoms with E-state index in [1.165, 1.54) is 0 Å². The summed E-state index contributed by atoms with van der Waals surface area (Å²) in [6.07, 6.45) is 4.10. The number of aromatic nitrogens is 1. The fraction of sp³-hybridized carbons (Fsp3) is 0.333. The number of rotatable bonds is 1. The van der Waals surface area contributed by atoms with Gasteiger partial charge < -0.3 is 5.32 Å². The van der Waals surface area contributed by atoms with Crippen LogP contribution in [-0.4, -0.2) is 17.4 Å². The molecular formula is C9H9BrN2O. The van der Waals surface area contributed by atoms with Crippen molar-refractivity contribution in [2.75, 3.05) is 6.54 Å². The van der Waals surface area contributed by atoms with Crippen LogP contribution in [0.5, 0.6) is 0 Å². The van der Waals surface area contributed by atoms with Crippen molar-refractivity contribution >= 4 is 21.8 Å². The Bertz CT molecular complexity index is 340. The van der Waals surface area contributed by atoms with Gasteiger partial charge in [0.2, 0.25) is 5.91 Å². The van der Waals surface area contributed by atoms with E-state index < -0.39 is 0 Å².